The van der Waals surface area contributed by atoms with Crippen LogP contribution in [0.5, 0.6) is 5.75 Å². The average Bonchev–Trinajstić information content (AvgIpc) is 3.23. The maximum atomic E-state index is 13.2. The zero-order chi connectivity index (χ0) is 22.1. The Balaban J connectivity index is 1.98. The van der Waals surface area contributed by atoms with E-state index in [0.717, 1.165) is 10.9 Å². The minimum absolute atomic E-state index is 0.235. The molecule has 8 nitrogen and oxygen atoms in total. The van der Waals surface area contributed by atoms with Gasteiger partial charge in [-0.2, -0.15) is 23.4 Å². The molecule has 1 aromatic carbocycles. The van der Waals surface area contributed by atoms with E-state index in [2.05, 4.69) is 15.5 Å². The molecule has 0 radical (unpaired) electrons. The van der Waals surface area contributed by atoms with Crippen LogP contribution < -0.4 is 15.8 Å². The summed E-state index contributed by atoms with van der Waals surface area (Å²) in [6, 6.07) is 4.61. The molecule has 12 heteroatoms. The molecule has 0 saturated heterocycles. The smallest absolute Gasteiger partial charge is 0.435 e. The first-order valence-electron chi connectivity index (χ1n) is 8.68. The van der Waals surface area contributed by atoms with Crippen molar-refractivity contribution in [3.63, 3.8) is 0 Å². The van der Waals surface area contributed by atoms with Gasteiger partial charge >= 0.3 is 6.18 Å². The Morgan fingerprint density at radius 3 is 2.67 bits per heavy atom. The van der Waals surface area contributed by atoms with E-state index in [1.165, 1.54) is 30.1 Å². The Morgan fingerprint density at radius 2 is 2.07 bits per heavy atom. The number of anilines is 1. The lowest BCUT2D eigenvalue weighted by Crippen LogP contribution is -2.18. The summed E-state index contributed by atoms with van der Waals surface area (Å²) in [5.41, 5.74) is 4.88. The minimum Gasteiger partial charge on any atom is -0.492 e. The van der Waals surface area contributed by atoms with E-state index in [1.54, 1.807) is 13.1 Å². The molecule has 0 aliphatic heterocycles. The fraction of sp³-hybridized carbons (Fsp3) is 0.278. The van der Waals surface area contributed by atoms with E-state index in [0.29, 0.717) is 22.0 Å². The van der Waals surface area contributed by atoms with Crippen LogP contribution in [0.1, 0.15) is 16.1 Å². The van der Waals surface area contributed by atoms with Crippen LogP contribution in [0.2, 0.25) is 5.02 Å². The number of nitrogens with two attached hydrogens (primary N) is 1. The van der Waals surface area contributed by atoms with Crippen molar-refractivity contribution in [1.29, 1.82) is 0 Å². The third-order valence-corrected chi connectivity index (χ3v) is 4.38. The van der Waals surface area contributed by atoms with Crippen molar-refractivity contribution in [2.75, 3.05) is 18.5 Å². The second-order valence-corrected chi connectivity index (χ2v) is 6.74. The fourth-order valence-corrected chi connectivity index (χ4v) is 3.13. The number of aromatic nitrogens is 4. The monoisotopic (exact) mass is 442 g/mol. The number of hydrogen-bond acceptors (Lipinski definition) is 5. The van der Waals surface area contributed by atoms with Gasteiger partial charge in [0.2, 0.25) is 0 Å². The Labute approximate surface area is 174 Å². The molecule has 2 heterocycles. The maximum absolute atomic E-state index is 13.2. The van der Waals surface area contributed by atoms with Crippen LogP contribution in [-0.4, -0.2) is 38.6 Å². The summed E-state index contributed by atoms with van der Waals surface area (Å²) >= 11 is 6.23. The Kier molecular flexibility index (Phi) is 6.04. The molecule has 0 unspecified atom stereocenters. The highest BCUT2D eigenvalue weighted by atomic mass is 35.5. The number of nitrogens with one attached hydrogen (secondary N) is 1. The van der Waals surface area contributed by atoms with Crippen LogP contribution in [0.4, 0.5) is 18.9 Å². The first-order valence-corrected chi connectivity index (χ1v) is 9.06. The number of nitrogens with zero attached hydrogens (tertiary/aromatic N) is 4. The summed E-state index contributed by atoms with van der Waals surface area (Å²) in [4.78, 5) is 12.5. The highest BCUT2D eigenvalue weighted by Gasteiger charge is 2.39. The minimum atomic E-state index is -4.76. The Morgan fingerprint density at radius 1 is 1.33 bits per heavy atom. The number of alkyl halides is 3. The van der Waals surface area contributed by atoms with Gasteiger partial charge < -0.3 is 15.8 Å². The van der Waals surface area contributed by atoms with Gasteiger partial charge in [0.15, 0.2) is 5.69 Å². The summed E-state index contributed by atoms with van der Waals surface area (Å²) in [5, 5.41) is 10.2. The number of rotatable bonds is 6. The first kappa shape index (κ1) is 21.7. The molecule has 0 fully saturated rings. The summed E-state index contributed by atoms with van der Waals surface area (Å²) in [5.74, 6) is -0.519. The molecular formula is C18H18ClF3N6O2. The largest absolute Gasteiger partial charge is 0.492 e. The molecule has 3 N–H and O–H groups in total. The van der Waals surface area contributed by atoms with E-state index < -0.39 is 23.3 Å². The van der Waals surface area contributed by atoms with Crippen LogP contribution in [0, 0.1) is 0 Å². The number of carbonyl (C=O) groups is 1. The number of benzene rings is 1. The van der Waals surface area contributed by atoms with Crippen molar-refractivity contribution < 1.29 is 22.7 Å². The molecule has 1 amide bonds. The zero-order valence-electron chi connectivity index (χ0n) is 16.0. The SMILES string of the molecule is Cn1cc(C(=O)Nc2ccc(OCCN)c(-c3c(Cl)cnn3C)c2)c(C(F)(F)F)n1. The molecule has 0 aliphatic carbocycles. The van der Waals surface area contributed by atoms with Crippen molar-refractivity contribution in [3.8, 4) is 17.0 Å². The zero-order valence-corrected chi connectivity index (χ0v) is 16.8. The molecule has 2 aromatic heterocycles. The topological polar surface area (TPSA) is 100.0 Å². The number of amides is 1. The van der Waals surface area contributed by atoms with Crippen LogP contribution >= 0.6 is 11.6 Å². The number of ether oxygens (including phenoxy) is 1. The van der Waals surface area contributed by atoms with Gasteiger partial charge in [-0.3, -0.25) is 14.2 Å². The second kappa shape index (κ2) is 8.36. The lowest BCUT2D eigenvalue weighted by Gasteiger charge is -2.14. The summed E-state index contributed by atoms with van der Waals surface area (Å²) in [6.07, 6.45) is -2.31. The van der Waals surface area contributed by atoms with Crippen molar-refractivity contribution in [3.05, 3.63) is 46.9 Å². The molecule has 0 spiro atoms. The highest BCUT2D eigenvalue weighted by Crippen LogP contribution is 2.37. The molecular weight excluding hydrogens is 425 g/mol. The second-order valence-electron chi connectivity index (χ2n) is 6.33. The van der Waals surface area contributed by atoms with Crippen molar-refractivity contribution in [2.45, 2.75) is 6.18 Å². The Bertz CT molecular complexity index is 1060. The van der Waals surface area contributed by atoms with Gasteiger partial charge in [-0.25, -0.2) is 0 Å². The summed E-state index contributed by atoms with van der Waals surface area (Å²) in [7, 11) is 2.97. The molecule has 0 bridgehead atoms. The Hall–Kier alpha value is -3.05. The van der Waals surface area contributed by atoms with E-state index in [4.69, 9.17) is 22.1 Å². The maximum Gasteiger partial charge on any atom is 0.435 e. The quantitative estimate of drug-likeness (QED) is 0.611. The van der Waals surface area contributed by atoms with E-state index in [9.17, 15) is 18.0 Å². The van der Waals surface area contributed by atoms with E-state index in [-0.39, 0.29) is 18.8 Å². The number of carbonyl (C=O) groups excluding carboxylic acids is 1. The van der Waals surface area contributed by atoms with Gasteiger partial charge in [0.25, 0.3) is 5.91 Å². The predicted octanol–water partition coefficient (Wildman–Crippen LogP) is 3.08. The third-order valence-electron chi connectivity index (χ3n) is 4.10. The molecule has 0 aliphatic rings. The highest BCUT2D eigenvalue weighted by molar-refractivity contribution is 6.33. The first-order chi connectivity index (χ1) is 14.1. The van der Waals surface area contributed by atoms with Crippen LogP contribution in [0.3, 0.4) is 0 Å². The van der Waals surface area contributed by atoms with Crippen LogP contribution in [-0.2, 0) is 20.3 Å². The number of aryl methyl sites for hydroxylation is 2. The molecule has 3 aromatic rings. The summed E-state index contributed by atoms with van der Waals surface area (Å²) < 4.78 is 47.6. The fourth-order valence-electron chi connectivity index (χ4n) is 2.86. The van der Waals surface area contributed by atoms with Gasteiger partial charge in [0.05, 0.1) is 22.5 Å². The number of hydrogen-bond donors (Lipinski definition) is 2. The van der Waals surface area contributed by atoms with E-state index in [1.807, 2.05) is 0 Å². The molecule has 160 valence electrons. The van der Waals surface area contributed by atoms with Crippen molar-refractivity contribution in [1.82, 2.24) is 19.6 Å². The van der Waals surface area contributed by atoms with Gasteiger partial charge in [-0.15, -0.1) is 0 Å². The van der Waals surface area contributed by atoms with Crippen molar-refractivity contribution in [2.24, 2.45) is 19.8 Å². The van der Waals surface area contributed by atoms with E-state index >= 15 is 0 Å². The summed E-state index contributed by atoms with van der Waals surface area (Å²) in [6.45, 7) is 0.511. The lowest BCUT2D eigenvalue weighted by molar-refractivity contribution is -0.141. The van der Waals surface area contributed by atoms with Gasteiger partial charge in [-0.05, 0) is 18.2 Å². The molecule has 30 heavy (non-hydrogen) atoms. The van der Waals surface area contributed by atoms with Gasteiger partial charge in [-0.1, -0.05) is 11.6 Å². The molecule has 0 saturated carbocycles. The lowest BCUT2D eigenvalue weighted by atomic mass is 10.1. The van der Waals surface area contributed by atoms with Crippen LogP contribution in [0.25, 0.3) is 11.3 Å². The average molecular weight is 443 g/mol. The van der Waals surface area contributed by atoms with Gasteiger partial charge in [0, 0.05) is 38.1 Å². The number of halogens is 4. The molecule has 0 atom stereocenters. The van der Waals surface area contributed by atoms with Crippen molar-refractivity contribution >= 4 is 23.2 Å². The van der Waals surface area contributed by atoms with Crippen LogP contribution in [0.15, 0.2) is 30.6 Å². The normalized spacial score (nSPS) is 11.6. The molecule has 3 rings (SSSR count). The third kappa shape index (κ3) is 4.41. The van der Waals surface area contributed by atoms with Gasteiger partial charge in [0.1, 0.15) is 12.4 Å². The predicted molar refractivity (Wildman–Crippen MR) is 104 cm³/mol. The standard InChI is InChI=1S/C18H18ClF3N6O2/c1-27-9-12(16(26-27)18(20,21)22)17(29)25-10-3-4-14(30-6-5-23)11(7-10)15-13(19)8-24-28(15)2/h3-4,7-9H,5-6,23H2,1-2H3,(H,25,29).